The maximum Gasteiger partial charge on any atom is 0.224 e. The molecule has 0 radical (unpaired) electrons. The van der Waals surface area contributed by atoms with E-state index >= 15 is 0 Å². The van der Waals surface area contributed by atoms with E-state index in [2.05, 4.69) is 31.2 Å². The Hall–Kier alpha value is -1.27. The first kappa shape index (κ1) is 12.2. The van der Waals surface area contributed by atoms with Gasteiger partial charge in [-0.2, -0.15) is 4.98 Å². The van der Waals surface area contributed by atoms with Crippen LogP contribution in [-0.4, -0.2) is 9.97 Å². The van der Waals surface area contributed by atoms with Crippen LogP contribution in [0, 0.1) is 11.6 Å². The van der Waals surface area contributed by atoms with Gasteiger partial charge in [0.25, 0.3) is 0 Å². The number of halogens is 4. The molecule has 0 aliphatic carbocycles. The summed E-state index contributed by atoms with van der Waals surface area (Å²) in [5.41, 5.74) is 0.0844. The standard InChI is InChI=1S/C10H5BrClF2N3/c11-5-2-1-3-6(13)8(5)16-9-7(14)4-15-10(12)17-9/h1-4H,(H,15,16,17). The molecule has 88 valence electrons. The molecule has 0 aliphatic rings. The van der Waals surface area contributed by atoms with Crippen LogP contribution in [0.15, 0.2) is 28.9 Å². The van der Waals surface area contributed by atoms with Gasteiger partial charge in [-0.1, -0.05) is 6.07 Å². The second kappa shape index (κ2) is 4.93. The first-order valence-corrected chi connectivity index (χ1v) is 5.64. The Kier molecular flexibility index (Phi) is 3.54. The molecule has 7 heteroatoms. The van der Waals surface area contributed by atoms with Crippen LogP contribution in [0.4, 0.5) is 20.3 Å². The zero-order valence-corrected chi connectivity index (χ0v) is 10.6. The summed E-state index contributed by atoms with van der Waals surface area (Å²) < 4.78 is 27.3. The van der Waals surface area contributed by atoms with Gasteiger partial charge in [0.15, 0.2) is 11.6 Å². The Balaban J connectivity index is 2.41. The van der Waals surface area contributed by atoms with Crippen LogP contribution in [0.5, 0.6) is 0 Å². The maximum atomic E-state index is 13.5. The zero-order chi connectivity index (χ0) is 12.4. The van der Waals surface area contributed by atoms with Crippen molar-refractivity contribution < 1.29 is 8.78 Å². The van der Waals surface area contributed by atoms with Gasteiger partial charge >= 0.3 is 0 Å². The van der Waals surface area contributed by atoms with Crippen LogP contribution in [0.1, 0.15) is 0 Å². The maximum absolute atomic E-state index is 13.5. The van der Waals surface area contributed by atoms with Gasteiger partial charge in [0.2, 0.25) is 5.28 Å². The molecule has 0 fully saturated rings. The highest BCUT2D eigenvalue weighted by atomic mass is 79.9. The van der Waals surface area contributed by atoms with Crippen molar-refractivity contribution in [3.8, 4) is 0 Å². The van der Waals surface area contributed by atoms with Crippen molar-refractivity contribution in [1.29, 1.82) is 0 Å². The minimum Gasteiger partial charge on any atom is -0.334 e. The average molecular weight is 321 g/mol. The second-order valence-corrected chi connectivity index (χ2v) is 4.25. The molecule has 0 spiro atoms. The fourth-order valence-electron chi connectivity index (χ4n) is 1.17. The molecule has 0 unspecified atom stereocenters. The van der Waals surface area contributed by atoms with E-state index in [4.69, 9.17) is 11.6 Å². The van der Waals surface area contributed by atoms with Crippen molar-refractivity contribution in [3.63, 3.8) is 0 Å². The number of para-hydroxylation sites is 1. The zero-order valence-electron chi connectivity index (χ0n) is 8.22. The van der Waals surface area contributed by atoms with Gasteiger partial charge in [-0.05, 0) is 39.7 Å². The predicted octanol–water partition coefficient (Wildman–Crippen LogP) is 3.91. The van der Waals surface area contributed by atoms with E-state index in [0.717, 1.165) is 6.20 Å². The molecule has 3 nitrogen and oxygen atoms in total. The molecule has 1 aromatic carbocycles. The molecule has 0 atom stereocenters. The normalized spacial score (nSPS) is 10.4. The summed E-state index contributed by atoms with van der Waals surface area (Å²) in [6.07, 6.45) is 0.909. The van der Waals surface area contributed by atoms with E-state index in [-0.39, 0.29) is 16.8 Å². The Morgan fingerprint density at radius 2 is 2.00 bits per heavy atom. The molecule has 17 heavy (non-hydrogen) atoms. The number of benzene rings is 1. The van der Waals surface area contributed by atoms with Crippen molar-refractivity contribution in [2.24, 2.45) is 0 Å². The van der Waals surface area contributed by atoms with Gasteiger partial charge in [0, 0.05) is 4.47 Å². The highest BCUT2D eigenvalue weighted by molar-refractivity contribution is 9.10. The van der Waals surface area contributed by atoms with Crippen LogP contribution in [0.2, 0.25) is 5.28 Å². The summed E-state index contributed by atoms with van der Waals surface area (Å²) >= 11 is 8.67. The first-order valence-electron chi connectivity index (χ1n) is 4.47. The summed E-state index contributed by atoms with van der Waals surface area (Å²) in [5.74, 6) is -1.44. The Morgan fingerprint density at radius 1 is 1.24 bits per heavy atom. The molecule has 1 heterocycles. The van der Waals surface area contributed by atoms with Crippen molar-refractivity contribution in [1.82, 2.24) is 9.97 Å². The highest BCUT2D eigenvalue weighted by Gasteiger charge is 2.11. The smallest absolute Gasteiger partial charge is 0.224 e. The average Bonchev–Trinajstić information content (AvgIpc) is 2.28. The van der Waals surface area contributed by atoms with Gasteiger partial charge in [0.1, 0.15) is 5.82 Å². The highest BCUT2D eigenvalue weighted by Crippen LogP contribution is 2.28. The van der Waals surface area contributed by atoms with E-state index in [1.807, 2.05) is 0 Å². The van der Waals surface area contributed by atoms with Crippen molar-refractivity contribution in [2.45, 2.75) is 0 Å². The summed E-state index contributed by atoms with van der Waals surface area (Å²) in [4.78, 5) is 7.09. The summed E-state index contributed by atoms with van der Waals surface area (Å²) in [5, 5.41) is 2.39. The minimum atomic E-state index is -0.718. The van der Waals surface area contributed by atoms with Gasteiger partial charge in [-0.25, -0.2) is 13.8 Å². The lowest BCUT2D eigenvalue weighted by Crippen LogP contribution is -2.01. The largest absolute Gasteiger partial charge is 0.334 e. The topological polar surface area (TPSA) is 37.8 Å². The number of nitrogens with zero attached hydrogens (tertiary/aromatic N) is 2. The van der Waals surface area contributed by atoms with E-state index in [1.165, 1.54) is 12.1 Å². The van der Waals surface area contributed by atoms with Crippen molar-refractivity contribution in [2.75, 3.05) is 5.32 Å². The lowest BCUT2D eigenvalue weighted by molar-refractivity contribution is 0.615. The van der Waals surface area contributed by atoms with Crippen LogP contribution in [0.3, 0.4) is 0 Å². The molecule has 0 bridgehead atoms. The minimum absolute atomic E-state index is 0.0844. The molecular weight excluding hydrogens is 315 g/mol. The van der Waals surface area contributed by atoms with E-state index < -0.39 is 11.6 Å². The monoisotopic (exact) mass is 319 g/mol. The third kappa shape index (κ3) is 2.70. The molecule has 2 aromatic rings. The van der Waals surface area contributed by atoms with Crippen molar-refractivity contribution >= 4 is 39.0 Å². The third-order valence-corrected chi connectivity index (χ3v) is 2.76. The third-order valence-electron chi connectivity index (χ3n) is 1.92. The van der Waals surface area contributed by atoms with Crippen molar-refractivity contribution in [3.05, 3.63) is 45.8 Å². The summed E-state index contributed by atoms with van der Waals surface area (Å²) in [7, 11) is 0. The fraction of sp³-hybridized carbons (Fsp3) is 0. The number of aromatic nitrogens is 2. The van der Waals surface area contributed by atoms with Gasteiger partial charge < -0.3 is 5.32 Å². The van der Waals surface area contributed by atoms with Gasteiger partial charge in [-0.15, -0.1) is 0 Å². The van der Waals surface area contributed by atoms with Crippen LogP contribution in [0.25, 0.3) is 0 Å². The second-order valence-electron chi connectivity index (χ2n) is 3.06. The Labute approximate surface area is 109 Å². The van der Waals surface area contributed by atoms with Gasteiger partial charge in [0.05, 0.1) is 11.9 Å². The molecule has 1 aromatic heterocycles. The molecule has 2 rings (SSSR count). The molecular formula is C10H5BrClF2N3. The quantitative estimate of drug-likeness (QED) is 0.852. The summed E-state index contributed by atoms with van der Waals surface area (Å²) in [6, 6.07) is 4.38. The number of nitrogens with one attached hydrogen (secondary N) is 1. The number of rotatable bonds is 2. The lowest BCUT2D eigenvalue weighted by atomic mass is 10.3. The van der Waals surface area contributed by atoms with Crippen LogP contribution < -0.4 is 5.32 Å². The molecule has 0 saturated carbocycles. The molecule has 0 aliphatic heterocycles. The molecule has 1 N–H and O–H groups in total. The fourth-order valence-corrected chi connectivity index (χ4v) is 1.74. The van der Waals surface area contributed by atoms with E-state index in [9.17, 15) is 8.78 Å². The van der Waals surface area contributed by atoms with Crippen LogP contribution >= 0.6 is 27.5 Å². The van der Waals surface area contributed by atoms with E-state index in [0.29, 0.717) is 4.47 Å². The summed E-state index contributed by atoms with van der Waals surface area (Å²) in [6.45, 7) is 0. The molecule has 0 saturated heterocycles. The Morgan fingerprint density at radius 3 is 2.71 bits per heavy atom. The SMILES string of the molecule is Fc1cnc(Cl)nc1Nc1c(F)cccc1Br. The van der Waals surface area contributed by atoms with E-state index in [1.54, 1.807) is 6.07 Å². The number of hydrogen-bond donors (Lipinski definition) is 1. The molecule has 0 amide bonds. The number of anilines is 2. The van der Waals surface area contributed by atoms with Gasteiger partial charge in [-0.3, -0.25) is 0 Å². The first-order chi connectivity index (χ1) is 8.08. The predicted molar refractivity (Wildman–Crippen MR) is 64.4 cm³/mol. The Bertz CT molecular complexity index is 545. The van der Waals surface area contributed by atoms with Crippen LogP contribution in [-0.2, 0) is 0 Å². The number of hydrogen-bond acceptors (Lipinski definition) is 3. The lowest BCUT2D eigenvalue weighted by Gasteiger charge is -2.09.